The molecule has 1 aliphatic heterocycles. The van der Waals surface area contributed by atoms with E-state index in [1.165, 1.54) is 0 Å². The molecule has 1 aromatic heterocycles. The van der Waals surface area contributed by atoms with Crippen LogP contribution in [0, 0.1) is 0 Å². The summed E-state index contributed by atoms with van der Waals surface area (Å²) in [6.45, 7) is 0. The molecule has 4 rings (SSSR count). The fraction of sp³-hybridized carbons (Fsp3) is 0.167. The van der Waals surface area contributed by atoms with Crippen LogP contribution in [0.1, 0.15) is 22.0 Å². The van der Waals surface area contributed by atoms with E-state index in [1.807, 2.05) is 48.5 Å². The lowest BCUT2D eigenvalue weighted by Crippen LogP contribution is -2.08. The number of epoxide rings is 1. The first-order chi connectivity index (χ1) is 10.8. The Morgan fingerprint density at radius 1 is 1.14 bits per heavy atom. The monoisotopic (exact) mass is 293 g/mol. The second-order valence-corrected chi connectivity index (χ2v) is 5.33. The molecule has 0 aliphatic carbocycles. The van der Waals surface area contributed by atoms with Gasteiger partial charge in [0.2, 0.25) is 0 Å². The lowest BCUT2D eigenvalue weighted by Gasteiger charge is -2.04. The minimum atomic E-state index is -0.435. The maximum Gasteiger partial charge on any atom is 0.196 e. The van der Waals surface area contributed by atoms with E-state index >= 15 is 0 Å². The molecule has 1 N–H and O–H groups in total. The van der Waals surface area contributed by atoms with Crippen molar-refractivity contribution in [2.45, 2.75) is 12.2 Å². The Morgan fingerprint density at radius 3 is 2.77 bits per heavy atom. The van der Waals surface area contributed by atoms with Crippen LogP contribution < -0.4 is 4.74 Å². The lowest BCUT2D eigenvalue weighted by molar-refractivity contribution is 0.0955. The first-order valence-corrected chi connectivity index (χ1v) is 7.18. The van der Waals surface area contributed by atoms with Gasteiger partial charge in [-0.05, 0) is 12.1 Å². The molecule has 1 fully saturated rings. The Labute approximate surface area is 127 Å². The summed E-state index contributed by atoms with van der Waals surface area (Å²) < 4.78 is 11.0. The number of ether oxygens (including phenoxy) is 2. The van der Waals surface area contributed by atoms with Crippen molar-refractivity contribution in [3.05, 3.63) is 65.9 Å². The number of nitrogens with one attached hydrogen (secondary N) is 1. The van der Waals surface area contributed by atoms with E-state index in [9.17, 15) is 4.79 Å². The molecule has 1 aliphatic rings. The molecule has 3 aromatic rings. The van der Waals surface area contributed by atoms with E-state index in [1.54, 1.807) is 13.3 Å². The molecular weight excluding hydrogens is 278 g/mol. The largest absolute Gasteiger partial charge is 0.496 e. The van der Waals surface area contributed by atoms with Crippen LogP contribution in [0.3, 0.4) is 0 Å². The number of aromatic nitrogens is 1. The van der Waals surface area contributed by atoms with Crippen LogP contribution in [0.4, 0.5) is 0 Å². The number of ketones is 1. The number of carbonyl (C=O) groups is 1. The van der Waals surface area contributed by atoms with Crippen LogP contribution in [0.2, 0.25) is 0 Å². The maximum absolute atomic E-state index is 12.7. The molecule has 4 heteroatoms. The van der Waals surface area contributed by atoms with E-state index in [2.05, 4.69) is 4.98 Å². The minimum Gasteiger partial charge on any atom is -0.496 e. The van der Waals surface area contributed by atoms with Gasteiger partial charge in [-0.15, -0.1) is 0 Å². The van der Waals surface area contributed by atoms with Gasteiger partial charge in [0.05, 0.1) is 7.11 Å². The number of benzene rings is 2. The van der Waals surface area contributed by atoms with Gasteiger partial charge in [-0.25, -0.2) is 0 Å². The topological polar surface area (TPSA) is 54.6 Å². The highest BCUT2D eigenvalue weighted by atomic mass is 16.6. The molecule has 0 radical (unpaired) electrons. The number of aromatic amines is 1. The number of Topliss-reactive ketones (excluding diaryl/α,β-unsaturated/α-hetero) is 1. The number of carbonyl (C=O) groups excluding carboxylic acids is 1. The molecule has 4 nitrogen and oxygen atoms in total. The molecule has 0 bridgehead atoms. The van der Waals surface area contributed by atoms with Crippen LogP contribution in [0.5, 0.6) is 5.75 Å². The summed E-state index contributed by atoms with van der Waals surface area (Å²) in [5, 5.41) is 0.932. The van der Waals surface area contributed by atoms with Crippen molar-refractivity contribution in [2.75, 3.05) is 7.11 Å². The van der Waals surface area contributed by atoms with Gasteiger partial charge in [0.25, 0.3) is 0 Å². The van der Waals surface area contributed by atoms with Crippen LogP contribution in [0.15, 0.2) is 54.7 Å². The first kappa shape index (κ1) is 13.1. The summed E-state index contributed by atoms with van der Waals surface area (Å²) in [6.07, 6.45) is 1.10. The van der Waals surface area contributed by atoms with E-state index in [-0.39, 0.29) is 11.9 Å². The van der Waals surface area contributed by atoms with Crippen LogP contribution in [-0.4, -0.2) is 24.0 Å². The van der Waals surface area contributed by atoms with E-state index in [0.29, 0.717) is 5.56 Å². The number of para-hydroxylation sites is 2. The fourth-order valence-corrected chi connectivity index (χ4v) is 2.88. The third-order valence-corrected chi connectivity index (χ3v) is 4.05. The molecule has 110 valence electrons. The Bertz CT molecular complexity index is 852. The van der Waals surface area contributed by atoms with Gasteiger partial charge in [0.1, 0.15) is 11.9 Å². The molecule has 0 amide bonds. The van der Waals surface area contributed by atoms with Gasteiger partial charge in [0, 0.05) is 28.2 Å². The quantitative estimate of drug-likeness (QED) is 0.591. The van der Waals surface area contributed by atoms with Gasteiger partial charge in [0.15, 0.2) is 11.9 Å². The number of methoxy groups -OCH3 is 1. The molecule has 2 aromatic carbocycles. The number of H-pyrrole nitrogens is 1. The average Bonchev–Trinajstić information content (AvgIpc) is 3.25. The number of hydrogen-bond acceptors (Lipinski definition) is 3. The third kappa shape index (κ3) is 2.00. The summed E-state index contributed by atoms with van der Waals surface area (Å²) >= 11 is 0. The Kier molecular flexibility index (Phi) is 2.98. The van der Waals surface area contributed by atoms with E-state index in [4.69, 9.17) is 9.47 Å². The van der Waals surface area contributed by atoms with Crippen LogP contribution in [0.25, 0.3) is 10.9 Å². The number of hydrogen-bond donors (Lipinski definition) is 1. The third-order valence-electron chi connectivity index (χ3n) is 4.05. The van der Waals surface area contributed by atoms with Crippen molar-refractivity contribution in [1.82, 2.24) is 4.98 Å². The molecule has 0 saturated carbocycles. The van der Waals surface area contributed by atoms with Crippen molar-refractivity contribution in [1.29, 1.82) is 0 Å². The Morgan fingerprint density at radius 2 is 1.91 bits per heavy atom. The first-order valence-electron chi connectivity index (χ1n) is 7.18. The molecular formula is C18H15NO3. The van der Waals surface area contributed by atoms with Gasteiger partial charge >= 0.3 is 0 Å². The van der Waals surface area contributed by atoms with Gasteiger partial charge < -0.3 is 14.5 Å². The highest BCUT2D eigenvalue weighted by Gasteiger charge is 2.47. The number of rotatable bonds is 4. The lowest BCUT2D eigenvalue weighted by atomic mass is 10.0. The van der Waals surface area contributed by atoms with Gasteiger partial charge in [-0.3, -0.25) is 4.79 Å². The maximum atomic E-state index is 12.7. The van der Waals surface area contributed by atoms with Crippen molar-refractivity contribution < 1.29 is 14.3 Å². The molecule has 22 heavy (non-hydrogen) atoms. The van der Waals surface area contributed by atoms with E-state index < -0.39 is 6.10 Å². The summed E-state index contributed by atoms with van der Waals surface area (Å²) in [5.74, 6) is 0.759. The predicted octanol–water partition coefficient (Wildman–Crippen LogP) is 3.50. The summed E-state index contributed by atoms with van der Waals surface area (Å²) in [5.41, 5.74) is 2.56. The molecule has 1 saturated heterocycles. The smallest absolute Gasteiger partial charge is 0.196 e. The molecule has 2 unspecified atom stereocenters. The standard InChI is InChI=1S/C18H15NO3/c1-21-15-9-5-3-7-12(15)17-18(22-17)16(20)13-10-19-14-8-4-2-6-11(13)14/h2-10,17-19H,1H3. The van der Waals surface area contributed by atoms with Gasteiger partial charge in [-0.1, -0.05) is 36.4 Å². The highest BCUT2D eigenvalue weighted by molar-refractivity contribution is 6.11. The summed E-state index contributed by atoms with van der Waals surface area (Å²) in [4.78, 5) is 15.8. The number of fused-ring (bicyclic) bond motifs is 1. The fourth-order valence-electron chi connectivity index (χ4n) is 2.88. The SMILES string of the molecule is COc1ccccc1C1OC1C(=O)c1c[nH]c2ccccc12. The molecule has 2 atom stereocenters. The van der Waals surface area contributed by atoms with Crippen molar-refractivity contribution >= 4 is 16.7 Å². The van der Waals surface area contributed by atoms with Crippen molar-refractivity contribution in [3.8, 4) is 5.75 Å². The normalized spacial score (nSPS) is 20.0. The predicted molar refractivity (Wildman–Crippen MR) is 83.2 cm³/mol. The Balaban J connectivity index is 1.63. The van der Waals surface area contributed by atoms with Gasteiger partial charge in [-0.2, -0.15) is 0 Å². The zero-order valence-corrected chi connectivity index (χ0v) is 12.1. The van der Waals surface area contributed by atoms with Crippen molar-refractivity contribution in [3.63, 3.8) is 0 Å². The average molecular weight is 293 g/mol. The van der Waals surface area contributed by atoms with Crippen molar-refractivity contribution in [2.24, 2.45) is 0 Å². The molecule has 2 heterocycles. The second kappa shape index (κ2) is 5.00. The van der Waals surface area contributed by atoms with Crippen LogP contribution in [-0.2, 0) is 4.74 Å². The zero-order chi connectivity index (χ0) is 15.1. The zero-order valence-electron chi connectivity index (χ0n) is 12.1. The molecule has 0 spiro atoms. The second-order valence-electron chi connectivity index (χ2n) is 5.33. The minimum absolute atomic E-state index is 0.00774. The Hall–Kier alpha value is -2.59. The summed E-state index contributed by atoms with van der Waals surface area (Å²) in [6, 6.07) is 15.4. The summed E-state index contributed by atoms with van der Waals surface area (Å²) in [7, 11) is 1.62. The van der Waals surface area contributed by atoms with E-state index in [0.717, 1.165) is 22.2 Å². The van der Waals surface area contributed by atoms with Crippen LogP contribution >= 0.6 is 0 Å². The highest BCUT2D eigenvalue weighted by Crippen LogP contribution is 2.44.